The molecule has 0 amide bonds. The molecule has 0 fully saturated rings. The first-order valence-corrected chi connectivity index (χ1v) is 4.84. The number of hydrogen-bond acceptors (Lipinski definition) is 3. The number of benzene rings is 1. The molecule has 0 atom stereocenters. The highest BCUT2D eigenvalue weighted by atomic mass is 32.1. The summed E-state index contributed by atoms with van der Waals surface area (Å²) in [6.45, 7) is 3.07. The largest absolute Gasteiger partial charge is 0.305 e. The van der Waals surface area contributed by atoms with Gasteiger partial charge in [0, 0.05) is 25.5 Å². The van der Waals surface area contributed by atoms with Crippen molar-refractivity contribution < 1.29 is 0 Å². The molecular formula is C10H16N2S. The monoisotopic (exact) mass is 196 g/mol. The van der Waals surface area contributed by atoms with Crippen molar-refractivity contribution in [2.45, 2.75) is 11.8 Å². The minimum absolute atomic E-state index is 0.949. The van der Waals surface area contributed by atoms with Crippen molar-refractivity contribution >= 4 is 18.3 Å². The Morgan fingerprint density at radius 1 is 1.23 bits per heavy atom. The molecule has 0 aromatic heterocycles. The van der Waals surface area contributed by atoms with Crippen LogP contribution in [0, 0.1) is 0 Å². The van der Waals surface area contributed by atoms with Crippen LogP contribution in [0.2, 0.25) is 0 Å². The lowest BCUT2D eigenvalue weighted by molar-refractivity contribution is 0.374. The van der Waals surface area contributed by atoms with E-state index in [0.717, 1.165) is 17.1 Å². The SMILES string of the molecule is CCN(c1ccccc1S)N(C)C. The van der Waals surface area contributed by atoms with Crippen molar-refractivity contribution in [3.8, 4) is 0 Å². The number of thiol groups is 1. The van der Waals surface area contributed by atoms with E-state index in [1.165, 1.54) is 0 Å². The lowest BCUT2D eigenvalue weighted by Gasteiger charge is -2.30. The third-order valence-electron chi connectivity index (χ3n) is 1.94. The van der Waals surface area contributed by atoms with Gasteiger partial charge >= 0.3 is 0 Å². The number of para-hydroxylation sites is 1. The Morgan fingerprint density at radius 3 is 2.31 bits per heavy atom. The molecule has 0 aliphatic carbocycles. The second-order valence-corrected chi connectivity index (χ2v) is 3.53. The Morgan fingerprint density at radius 2 is 1.85 bits per heavy atom. The maximum atomic E-state index is 4.42. The molecule has 0 N–H and O–H groups in total. The maximum Gasteiger partial charge on any atom is 0.0655 e. The van der Waals surface area contributed by atoms with Crippen molar-refractivity contribution in [3.05, 3.63) is 24.3 Å². The number of hydrogen-bond donors (Lipinski definition) is 1. The molecule has 0 bridgehead atoms. The molecular weight excluding hydrogens is 180 g/mol. The van der Waals surface area contributed by atoms with Crippen molar-refractivity contribution in [1.29, 1.82) is 0 Å². The number of hydrazine groups is 1. The fourth-order valence-corrected chi connectivity index (χ4v) is 1.63. The molecule has 0 heterocycles. The molecule has 0 radical (unpaired) electrons. The first-order valence-electron chi connectivity index (χ1n) is 4.39. The summed E-state index contributed by atoms with van der Waals surface area (Å²) in [6, 6.07) is 8.10. The van der Waals surface area contributed by atoms with Gasteiger partial charge in [0.2, 0.25) is 0 Å². The van der Waals surface area contributed by atoms with Crippen LogP contribution in [0.3, 0.4) is 0 Å². The van der Waals surface area contributed by atoms with Crippen LogP contribution >= 0.6 is 12.6 Å². The van der Waals surface area contributed by atoms with Gasteiger partial charge in [0.1, 0.15) is 0 Å². The van der Waals surface area contributed by atoms with E-state index in [-0.39, 0.29) is 0 Å². The zero-order valence-corrected chi connectivity index (χ0v) is 9.25. The number of anilines is 1. The summed E-state index contributed by atoms with van der Waals surface area (Å²) < 4.78 is 0. The van der Waals surface area contributed by atoms with Gasteiger partial charge < -0.3 is 5.01 Å². The van der Waals surface area contributed by atoms with Gasteiger partial charge in [-0.25, -0.2) is 5.01 Å². The summed E-state index contributed by atoms with van der Waals surface area (Å²) in [4.78, 5) is 1.01. The van der Waals surface area contributed by atoms with Gasteiger partial charge in [-0.3, -0.25) is 0 Å². The molecule has 3 heteroatoms. The quantitative estimate of drug-likeness (QED) is 0.585. The van der Waals surface area contributed by atoms with Gasteiger partial charge in [0.15, 0.2) is 0 Å². The fourth-order valence-electron chi connectivity index (χ4n) is 1.35. The van der Waals surface area contributed by atoms with Crippen LogP contribution in [0.1, 0.15) is 6.92 Å². The normalized spacial score (nSPS) is 10.5. The highest BCUT2D eigenvalue weighted by molar-refractivity contribution is 7.80. The molecule has 1 rings (SSSR count). The van der Waals surface area contributed by atoms with Crippen LogP contribution in [-0.4, -0.2) is 25.6 Å². The fraction of sp³-hybridized carbons (Fsp3) is 0.400. The zero-order valence-electron chi connectivity index (χ0n) is 8.36. The molecule has 0 saturated heterocycles. The third kappa shape index (κ3) is 2.39. The summed E-state index contributed by atoms with van der Waals surface area (Å²) in [5.74, 6) is 0. The molecule has 72 valence electrons. The Labute approximate surface area is 85.5 Å². The van der Waals surface area contributed by atoms with Gasteiger partial charge in [-0.1, -0.05) is 12.1 Å². The van der Waals surface area contributed by atoms with Crippen molar-refractivity contribution in [1.82, 2.24) is 5.01 Å². The smallest absolute Gasteiger partial charge is 0.0655 e. The third-order valence-corrected chi connectivity index (χ3v) is 2.32. The summed E-state index contributed by atoms with van der Waals surface area (Å²) >= 11 is 4.42. The zero-order chi connectivity index (χ0) is 9.84. The van der Waals surface area contributed by atoms with Gasteiger partial charge in [-0.05, 0) is 19.1 Å². The van der Waals surface area contributed by atoms with Gasteiger partial charge in [-0.15, -0.1) is 12.6 Å². The molecule has 1 aromatic rings. The summed E-state index contributed by atoms with van der Waals surface area (Å²) in [5.41, 5.74) is 1.15. The van der Waals surface area contributed by atoms with E-state index in [4.69, 9.17) is 0 Å². The molecule has 0 aliphatic heterocycles. The van der Waals surface area contributed by atoms with Gasteiger partial charge in [0.25, 0.3) is 0 Å². The van der Waals surface area contributed by atoms with Crippen LogP contribution in [0.25, 0.3) is 0 Å². The molecule has 0 unspecified atom stereocenters. The van der Waals surface area contributed by atoms with Crippen LogP contribution in [0.5, 0.6) is 0 Å². The molecule has 0 spiro atoms. The predicted octanol–water partition coefficient (Wildman–Crippen LogP) is 2.28. The van der Waals surface area contributed by atoms with E-state index in [1.54, 1.807) is 0 Å². The Kier molecular flexibility index (Phi) is 3.63. The molecule has 2 nitrogen and oxygen atoms in total. The van der Waals surface area contributed by atoms with Crippen LogP contribution in [-0.2, 0) is 0 Å². The minimum atomic E-state index is 0.949. The predicted molar refractivity (Wildman–Crippen MR) is 60.4 cm³/mol. The molecule has 13 heavy (non-hydrogen) atoms. The van der Waals surface area contributed by atoms with Crippen molar-refractivity contribution in [2.24, 2.45) is 0 Å². The second kappa shape index (κ2) is 4.53. The summed E-state index contributed by atoms with van der Waals surface area (Å²) in [5, 5.41) is 4.23. The highest BCUT2D eigenvalue weighted by Gasteiger charge is 2.08. The lowest BCUT2D eigenvalue weighted by atomic mass is 10.3. The average molecular weight is 196 g/mol. The Bertz CT molecular complexity index is 273. The topological polar surface area (TPSA) is 6.48 Å². The average Bonchev–Trinajstić information content (AvgIpc) is 2.09. The van der Waals surface area contributed by atoms with Crippen molar-refractivity contribution in [2.75, 3.05) is 25.6 Å². The van der Waals surface area contributed by atoms with Crippen LogP contribution < -0.4 is 5.01 Å². The maximum absolute atomic E-state index is 4.42. The van der Waals surface area contributed by atoms with E-state index in [2.05, 4.69) is 35.6 Å². The molecule has 0 aliphatic rings. The van der Waals surface area contributed by atoms with Gasteiger partial charge in [-0.2, -0.15) is 0 Å². The van der Waals surface area contributed by atoms with Crippen LogP contribution in [0.4, 0.5) is 5.69 Å². The van der Waals surface area contributed by atoms with Crippen LogP contribution in [0.15, 0.2) is 29.2 Å². The summed E-state index contributed by atoms with van der Waals surface area (Å²) in [7, 11) is 4.06. The first kappa shape index (κ1) is 10.4. The lowest BCUT2D eigenvalue weighted by Crippen LogP contribution is -2.36. The molecule has 1 aromatic carbocycles. The molecule has 0 saturated carbocycles. The second-order valence-electron chi connectivity index (χ2n) is 3.05. The Balaban J connectivity index is 2.97. The Hall–Kier alpha value is -0.670. The first-order chi connectivity index (χ1) is 6.16. The van der Waals surface area contributed by atoms with E-state index in [1.807, 2.05) is 32.3 Å². The van der Waals surface area contributed by atoms with Crippen molar-refractivity contribution in [3.63, 3.8) is 0 Å². The number of rotatable bonds is 3. The highest BCUT2D eigenvalue weighted by Crippen LogP contribution is 2.23. The van der Waals surface area contributed by atoms with Gasteiger partial charge in [0.05, 0.1) is 5.69 Å². The minimum Gasteiger partial charge on any atom is -0.305 e. The number of nitrogens with zero attached hydrogens (tertiary/aromatic N) is 2. The van der Waals surface area contributed by atoms with E-state index < -0.39 is 0 Å². The van der Waals surface area contributed by atoms with E-state index in [0.29, 0.717) is 0 Å². The standard InChI is InChI=1S/C10H16N2S/c1-4-12(11(2)3)9-7-5-6-8-10(9)13/h5-8,13H,4H2,1-3H3. The van der Waals surface area contributed by atoms with E-state index in [9.17, 15) is 0 Å². The van der Waals surface area contributed by atoms with E-state index >= 15 is 0 Å². The summed E-state index contributed by atoms with van der Waals surface area (Å²) in [6.07, 6.45) is 0.